The summed E-state index contributed by atoms with van der Waals surface area (Å²) in [7, 11) is 0. The molecule has 6 heteroatoms. The van der Waals surface area contributed by atoms with Crippen molar-refractivity contribution in [3.05, 3.63) is 69.7 Å². The number of benzene rings is 2. The zero-order chi connectivity index (χ0) is 17.3. The first-order valence-electron chi connectivity index (χ1n) is 7.33. The summed E-state index contributed by atoms with van der Waals surface area (Å²) >= 11 is 3.39. The Morgan fingerprint density at radius 1 is 1.21 bits per heavy atom. The predicted molar refractivity (Wildman–Crippen MR) is 91.7 cm³/mol. The third kappa shape index (κ3) is 2.79. The number of carbonyl (C=O) groups is 2. The lowest BCUT2D eigenvalue weighted by atomic mass is 9.92. The quantitative estimate of drug-likeness (QED) is 0.826. The molecule has 1 heterocycles. The van der Waals surface area contributed by atoms with Crippen LogP contribution in [-0.4, -0.2) is 16.8 Å². The summed E-state index contributed by atoms with van der Waals surface area (Å²) in [6, 6.07) is 15.8. The molecule has 5 nitrogen and oxygen atoms in total. The maximum Gasteiger partial charge on any atom is 0.325 e. The van der Waals surface area contributed by atoms with E-state index in [1.807, 2.05) is 30.3 Å². The van der Waals surface area contributed by atoms with Gasteiger partial charge in [0, 0.05) is 4.47 Å². The molecule has 120 valence electrons. The Bertz CT molecular complexity index is 857. The molecule has 2 aromatic carbocycles. The number of urea groups is 1. The summed E-state index contributed by atoms with van der Waals surface area (Å²) in [6.45, 7) is 1.87. The monoisotopic (exact) mass is 383 g/mol. The van der Waals surface area contributed by atoms with E-state index >= 15 is 0 Å². The first-order valence-corrected chi connectivity index (χ1v) is 8.12. The lowest BCUT2D eigenvalue weighted by Crippen LogP contribution is -2.40. The highest BCUT2D eigenvalue weighted by Gasteiger charge is 2.48. The van der Waals surface area contributed by atoms with Crippen molar-refractivity contribution in [2.45, 2.75) is 19.0 Å². The van der Waals surface area contributed by atoms with Crippen LogP contribution >= 0.6 is 15.9 Å². The van der Waals surface area contributed by atoms with Crippen LogP contribution in [0.1, 0.15) is 23.6 Å². The van der Waals surface area contributed by atoms with Crippen molar-refractivity contribution in [1.29, 1.82) is 5.26 Å². The summed E-state index contributed by atoms with van der Waals surface area (Å²) in [4.78, 5) is 26.4. The van der Waals surface area contributed by atoms with Crippen LogP contribution in [0.25, 0.3) is 0 Å². The van der Waals surface area contributed by atoms with Gasteiger partial charge in [0.2, 0.25) is 0 Å². The number of carbonyl (C=O) groups excluding carboxylic acids is 2. The number of amides is 3. The summed E-state index contributed by atoms with van der Waals surface area (Å²) in [5.41, 5.74) is 0.955. The number of imide groups is 1. The average Bonchev–Trinajstić information content (AvgIpc) is 2.80. The smallest absolute Gasteiger partial charge is 0.319 e. The summed E-state index contributed by atoms with van der Waals surface area (Å²) in [5.74, 6) is -0.296. The summed E-state index contributed by atoms with van der Waals surface area (Å²) in [5, 5.41) is 11.6. The SMILES string of the molecule is CC1(c2cccc(Br)c2)NC(=O)N(Cc2ccc(C#N)cc2)C1=O. The van der Waals surface area contributed by atoms with Crippen molar-refractivity contribution in [2.75, 3.05) is 0 Å². The number of halogens is 1. The first kappa shape index (κ1) is 16.2. The standard InChI is InChI=1S/C18H14BrN3O2/c1-18(14-3-2-4-15(19)9-14)16(23)22(17(24)21-18)11-13-7-5-12(10-20)6-8-13/h2-9H,11H2,1H3,(H,21,24). The maximum absolute atomic E-state index is 12.9. The molecule has 0 bridgehead atoms. The van der Waals surface area contributed by atoms with Crippen LogP contribution < -0.4 is 5.32 Å². The van der Waals surface area contributed by atoms with E-state index in [0.717, 1.165) is 15.6 Å². The molecule has 1 fully saturated rings. The number of nitriles is 1. The molecule has 0 radical (unpaired) electrons. The Kier molecular flexibility index (Phi) is 4.12. The minimum absolute atomic E-state index is 0.167. The Morgan fingerprint density at radius 3 is 2.54 bits per heavy atom. The van der Waals surface area contributed by atoms with Crippen LogP contribution in [0, 0.1) is 11.3 Å². The van der Waals surface area contributed by atoms with Crippen LogP contribution in [0.2, 0.25) is 0 Å². The van der Waals surface area contributed by atoms with Crippen molar-refractivity contribution in [3.8, 4) is 6.07 Å². The van der Waals surface area contributed by atoms with Gasteiger partial charge in [0.25, 0.3) is 5.91 Å². The van der Waals surface area contributed by atoms with Gasteiger partial charge in [-0.15, -0.1) is 0 Å². The average molecular weight is 384 g/mol. The highest BCUT2D eigenvalue weighted by atomic mass is 79.9. The molecular formula is C18H14BrN3O2. The number of nitrogens with one attached hydrogen (secondary N) is 1. The van der Waals surface area contributed by atoms with Gasteiger partial charge < -0.3 is 5.32 Å². The van der Waals surface area contributed by atoms with E-state index in [4.69, 9.17) is 5.26 Å². The van der Waals surface area contributed by atoms with E-state index in [2.05, 4.69) is 21.2 Å². The Morgan fingerprint density at radius 2 is 1.92 bits per heavy atom. The Balaban J connectivity index is 1.87. The zero-order valence-electron chi connectivity index (χ0n) is 12.9. The van der Waals surface area contributed by atoms with Crippen LogP contribution in [0.3, 0.4) is 0 Å². The molecule has 1 aliphatic rings. The van der Waals surface area contributed by atoms with E-state index in [0.29, 0.717) is 5.56 Å². The highest BCUT2D eigenvalue weighted by molar-refractivity contribution is 9.10. The second kappa shape index (κ2) is 6.10. The first-order chi connectivity index (χ1) is 11.4. The summed E-state index contributed by atoms with van der Waals surface area (Å²) < 4.78 is 0.841. The van der Waals surface area contributed by atoms with Crippen molar-refractivity contribution < 1.29 is 9.59 Å². The van der Waals surface area contributed by atoms with Gasteiger partial charge in [-0.05, 0) is 42.3 Å². The van der Waals surface area contributed by atoms with Crippen molar-refractivity contribution in [1.82, 2.24) is 10.2 Å². The van der Waals surface area contributed by atoms with E-state index in [1.54, 1.807) is 31.2 Å². The van der Waals surface area contributed by atoms with Crippen LogP contribution in [0.4, 0.5) is 4.79 Å². The molecule has 0 spiro atoms. The maximum atomic E-state index is 12.9. The molecule has 1 saturated heterocycles. The Hall–Kier alpha value is -2.65. The lowest BCUT2D eigenvalue weighted by Gasteiger charge is -2.22. The van der Waals surface area contributed by atoms with Crippen LogP contribution in [0.5, 0.6) is 0 Å². The fraction of sp³-hybridized carbons (Fsp3) is 0.167. The fourth-order valence-corrected chi connectivity index (χ4v) is 3.10. The Labute approximate surface area is 148 Å². The molecule has 1 N–H and O–H groups in total. The molecule has 1 aliphatic heterocycles. The molecule has 0 aliphatic carbocycles. The minimum atomic E-state index is -1.09. The molecule has 1 unspecified atom stereocenters. The molecular weight excluding hydrogens is 370 g/mol. The molecule has 3 amide bonds. The number of nitrogens with zero attached hydrogens (tertiary/aromatic N) is 2. The van der Waals surface area contributed by atoms with E-state index in [9.17, 15) is 9.59 Å². The van der Waals surface area contributed by atoms with Crippen LogP contribution in [0.15, 0.2) is 53.0 Å². The molecule has 1 atom stereocenters. The predicted octanol–water partition coefficient (Wildman–Crippen LogP) is 3.29. The second-order valence-electron chi connectivity index (χ2n) is 5.77. The minimum Gasteiger partial charge on any atom is -0.319 e. The van der Waals surface area contributed by atoms with Crippen molar-refractivity contribution in [2.24, 2.45) is 0 Å². The number of rotatable bonds is 3. The zero-order valence-corrected chi connectivity index (χ0v) is 14.5. The molecule has 0 aromatic heterocycles. The van der Waals surface area contributed by atoms with Crippen molar-refractivity contribution >= 4 is 27.9 Å². The molecule has 0 saturated carbocycles. The third-order valence-electron chi connectivity index (χ3n) is 4.10. The fourth-order valence-electron chi connectivity index (χ4n) is 2.70. The van der Waals surface area contributed by atoms with Gasteiger partial charge in [-0.25, -0.2) is 4.79 Å². The van der Waals surface area contributed by atoms with Crippen LogP contribution in [-0.2, 0) is 16.9 Å². The van der Waals surface area contributed by atoms with Gasteiger partial charge in [0.1, 0.15) is 5.54 Å². The second-order valence-corrected chi connectivity index (χ2v) is 6.68. The number of hydrogen-bond donors (Lipinski definition) is 1. The van der Waals surface area contributed by atoms with Gasteiger partial charge in [-0.2, -0.15) is 5.26 Å². The lowest BCUT2D eigenvalue weighted by molar-refractivity contribution is -0.131. The van der Waals surface area contributed by atoms with Gasteiger partial charge in [-0.3, -0.25) is 9.69 Å². The molecule has 3 rings (SSSR count). The number of hydrogen-bond acceptors (Lipinski definition) is 3. The third-order valence-corrected chi connectivity index (χ3v) is 4.59. The van der Waals surface area contributed by atoms with Crippen molar-refractivity contribution in [3.63, 3.8) is 0 Å². The highest BCUT2D eigenvalue weighted by Crippen LogP contribution is 2.31. The van der Waals surface area contributed by atoms with E-state index in [-0.39, 0.29) is 12.5 Å². The molecule has 2 aromatic rings. The van der Waals surface area contributed by atoms with Gasteiger partial charge in [-0.1, -0.05) is 40.2 Å². The van der Waals surface area contributed by atoms with E-state index < -0.39 is 11.6 Å². The molecule has 24 heavy (non-hydrogen) atoms. The largest absolute Gasteiger partial charge is 0.325 e. The summed E-state index contributed by atoms with van der Waals surface area (Å²) in [6.07, 6.45) is 0. The normalized spacial score (nSPS) is 20.0. The topological polar surface area (TPSA) is 73.2 Å². The van der Waals surface area contributed by atoms with Gasteiger partial charge in [0.15, 0.2) is 0 Å². The van der Waals surface area contributed by atoms with E-state index in [1.165, 1.54) is 4.90 Å². The van der Waals surface area contributed by atoms with Gasteiger partial charge >= 0.3 is 6.03 Å². The van der Waals surface area contributed by atoms with Gasteiger partial charge in [0.05, 0.1) is 18.2 Å².